The Bertz CT molecular complexity index is 378. The van der Waals surface area contributed by atoms with E-state index in [0.717, 1.165) is 10.0 Å². The fourth-order valence-corrected chi connectivity index (χ4v) is 1.75. The quantitative estimate of drug-likeness (QED) is 0.775. The number of aryl methyl sites for hydroxylation is 1. The molecule has 0 amide bonds. The Kier molecular flexibility index (Phi) is 3.84. The van der Waals surface area contributed by atoms with E-state index in [1.807, 2.05) is 0 Å². The van der Waals surface area contributed by atoms with Crippen molar-refractivity contribution in [2.75, 3.05) is 0 Å². The highest BCUT2D eigenvalue weighted by Crippen LogP contribution is 2.23. The largest absolute Gasteiger partial charge is 0.479 e. The van der Waals surface area contributed by atoms with E-state index in [9.17, 15) is 15.0 Å². The van der Waals surface area contributed by atoms with Crippen LogP contribution in [0.1, 0.15) is 17.2 Å². The van der Waals surface area contributed by atoms with Crippen LogP contribution in [0.4, 0.5) is 0 Å². The molecule has 3 N–H and O–H groups in total. The molecule has 0 radical (unpaired) electrons. The average molecular weight is 275 g/mol. The molecule has 2 atom stereocenters. The summed E-state index contributed by atoms with van der Waals surface area (Å²) >= 11 is 3.25. The lowest BCUT2D eigenvalue weighted by atomic mass is 10.00. The zero-order valence-electron chi connectivity index (χ0n) is 8.01. The van der Waals surface area contributed by atoms with Crippen LogP contribution in [0.25, 0.3) is 0 Å². The van der Waals surface area contributed by atoms with E-state index in [-0.39, 0.29) is 0 Å². The number of halogens is 1. The van der Waals surface area contributed by atoms with Crippen LogP contribution >= 0.6 is 15.9 Å². The topological polar surface area (TPSA) is 77.8 Å². The minimum atomic E-state index is -1.80. The zero-order valence-corrected chi connectivity index (χ0v) is 9.60. The SMILES string of the molecule is Cc1cc(Br)ccc1C(O)C(O)C(=O)O. The average Bonchev–Trinajstić information content (AvgIpc) is 2.15. The van der Waals surface area contributed by atoms with Crippen LogP contribution in [0.3, 0.4) is 0 Å². The summed E-state index contributed by atoms with van der Waals surface area (Å²) in [5.74, 6) is -1.44. The fourth-order valence-electron chi connectivity index (χ4n) is 1.28. The van der Waals surface area contributed by atoms with Gasteiger partial charge in [0, 0.05) is 4.47 Å². The summed E-state index contributed by atoms with van der Waals surface area (Å²) in [7, 11) is 0. The monoisotopic (exact) mass is 274 g/mol. The van der Waals surface area contributed by atoms with Gasteiger partial charge in [-0.1, -0.05) is 22.0 Å². The molecule has 0 saturated heterocycles. The van der Waals surface area contributed by atoms with Gasteiger partial charge >= 0.3 is 5.97 Å². The number of aliphatic carboxylic acids is 1. The number of hydrogen-bond acceptors (Lipinski definition) is 3. The highest BCUT2D eigenvalue weighted by atomic mass is 79.9. The normalized spacial score (nSPS) is 14.7. The van der Waals surface area contributed by atoms with Crippen LogP contribution in [0, 0.1) is 6.92 Å². The number of aliphatic hydroxyl groups is 2. The summed E-state index contributed by atoms with van der Waals surface area (Å²) < 4.78 is 0.834. The van der Waals surface area contributed by atoms with Gasteiger partial charge in [0.2, 0.25) is 0 Å². The Morgan fingerprint density at radius 3 is 2.47 bits per heavy atom. The molecule has 82 valence electrons. The lowest BCUT2D eigenvalue weighted by Crippen LogP contribution is -2.27. The third kappa shape index (κ3) is 2.77. The van der Waals surface area contributed by atoms with E-state index in [1.165, 1.54) is 0 Å². The summed E-state index contributed by atoms with van der Waals surface area (Å²) in [5, 5.41) is 27.3. The highest BCUT2D eigenvalue weighted by Gasteiger charge is 2.26. The van der Waals surface area contributed by atoms with E-state index < -0.39 is 18.2 Å². The third-order valence-corrected chi connectivity index (χ3v) is 2.60. The van der Waals surface area contributed by atoms with Gasteiger partial charge in [-0.25, -0.2) is 4.79 Å². The van der Waals surface area contributed by atoms with Crippen LogP contribution in [0.15, 0.2) is 22.7 Å². The first-order chi connectivity index (χ1) is 6.93. The Balaban J connectivity index is 3.01. The number of carboxylic acid groups (broad SMARTS) is 1. The number of hydrogen-bond donors (Lipinski definition) is 3. The molecule has 15 heavy (non-hydrogen) atoms. The second-order valence-electron chi connectivity index (χ2n) is 3.23. The Morgan fingerprint density at radius 1 is 1.40 bits per heavy atom. The van der Waals surface area contributed by atoms with E-state index >= 15 is 0 Å². The van der Waals surface area contributed by atoms with Gasteiger partial charge in [-0.3, -0.25) is 0 Å². The van der Waals surface area contributed by atoms with Crippen LogP contribution in [0.2, 0.25) is 0 Å². The van der Waals surface area contributed by atoms with Crippen LogP contribution < -0.4 is 0 Å². The molecule has 1 aromatic carbocycles. The van der Waals surface area contributed by atoms with Crippen LogP contribution in [-0.4, -0.2) is 27.4 Å². The van der Waals surface area contributed by atoms with Crippen LogP contribution in [-0.2, 0) is 4.79 Å². The smallest absolute Gasteiger partial charge is 0.335 e. The van der Waals surface area contributed by atoms with Crippen molar-refractivity contribution in [3.63, 3.8) is 0 Å². The number of carbonyl (C=O) groups is 1. The molecule has 5 heteroatoms. The second-order valence-corrected chi connectivity index (χ2v) is 4.14. The van der Waals surface area contributed by atoms with Crippen molar-refractivity contribution < 1.29 is 20.1 Å². The summed E-state index contributed by atoms with van der Waals surface area (Å²) in [5.41, 5.74) is 1.13. The molecule has 0 aromatic heterocycles. The molecule has 4 nitrogen and oxygen atoms in total. The maximum Gasteiger partial charge on any atom is 0.335 e. The van der Waals surface area contributed by atoms with Gasteiger partial charge in [0.05, 0.1) is 0 Å². The number of carboxylic acids is 1. The summed E-state index contributed by atoms with van der Waals surface area (Å²) in [6.07, 6.45) is -3.21. The van der Waals surface area contributed by atoms with Gasteiger partial charge < -0.3 is 15.3 Å². The molecule has 2 unspecified atom stereocenters. The molecule has 0 aliphatic carbocycles. The number of aliphatic hydroxyl groups excluding tert-OH is 2. The molecule has 0 spiro atoms. The Labute approximate surface area is 95.3 Å². The van der Waals surface area contributed by atoms with Crippen molar-refractivity contribution in [1.29, 1.82) is 0 Å². The molecule has 0 aliphatic rings. The van der Waals surface area contributed by atoms with Gasteiger partial charge in [0.1, 0.15) is 6.10 Å². The van der Waals surface area contributed by atoms with Gasteiger partial charge in [-0.15, -0.1) is 0 Å². The summed E-state index contributed by atoms with van der Waals surface area (Å²) in [6.45, 7) is 1.73. The standard InChI is InChI=1S/C10H11BrO4/c1-5-4-6(11)2-3-7(5)8(12)9(13)10(14)15/h2-4,8-9,12-13H,1H3,(H,14,15). The van der Waals surface area contributed by atoms with Crippen molar-refractivity contribution in [3.8, 4) is 0 Å². The van der Waals surface area contributed by atoms with Crippen molar-refractivity contribution in [3.05, 3.63) is 33.8 Å². The Morgan fingerprint density at radius 2 is 2.00 bits per heavy atom. The molecular weight excluding hydrogens is 264 g/mol. The molecule has 0 fully saturated rings. The van der Waals surface area contributed by atoms with Crippen molar-refractivity contribution in [2.45, 2.75) is 19.1 Å². The molecule has 0 heterocycles. The van der Waals surface area contributed by atoms with Gasteiger partial charge in [0.15, 0.2) is 6.10 Å². The maximum absolute atomic E-state index is 10.5. The predicted octanol–water partition coefficient (Wildman–Crippen LogP) is 1.24. The first-order valence-electron chi connectivity index (χ1n) is 4.28. The number of benzene rings is 1. The van der Waals surface area contributed by atoms with E-state index in [1.54, 1.807) is 25.1 Å². The summed E-state index contributed by atoms with van der Waals surface area (Å²) in [4.78, 5) is 10.5. The molecule has 1 rings (SSSR count). The maximum atomic E-state index is 10.5. The minimum absolute atomic E-state index is 0.410. The van der Waals surface area contributed by atoms with Crippen molar-refractivity contribution in [1.82, 2.24) is 0 Å². The molecular formula is C10H11BrO4. The first-order valence-corrected chi connectivity index (χ1v) is 5.07. The minimum Gasteiger partial charge on any atom is -0.479 e. The zero-order chi connectivity index (χ0) is 11.6. The van der Waals surface area contributed by atoms with Crippen molar-refractivity contribution >= 4 is 21.9 Å². The molecule has 0 saturated carbocycles. The highest BCUT2D eigenvalue weighted by molar-refractivity contribution is 9.10. The van der Waals surface area contributed by atoms with Gasteiger partial charge in [-0.2, -0.15) is 0 Å². The predicted molar refractivity (Wildman–Crippen MR) is 57.5 cm³/mol. The summed E-state index contributed by atoms with van der Waals surface area (Å²) in [6, 6.07) is 5.00. The lowest BCUT2D eigenvalue weighted by Gasteiger charge is -2.16. The third-order valence-electron chi connectivity index (χ3n) is 2.10. The van der Waals surface area contributed by atoms with Crippen LogP contribution in [0.5, 0.6) is 0 Å². The van der Waals surface area contributed by atoms with Gasteiger partial charge in [0.25, 0.3) is 0 Å². The van der Waals surface area contributed by atoms with E-state index in [4.69, 9.17) is 5.11 Å². The van der Waals surface area contributed by atoms with E-state index in [2.05, 4.69) is 15.9 Å². The molecule has 0 aliphatic heterocycles. The van der Waals surface area contributed by atoms with E-state index in [0.29, 0.717) is 5.56 Å². The second kappa shape index (κ2) is 4.74. The first kappa shape index (κ1) is 12.2. The fraction of sp³-hybridized carbons (Fsp3) is 0.300. The van der Waals surface area contributed by atoms with Crippen molar-refractivity contribution in [2.24, 2.45) is 0 Å². The Hall–Kier alpha value is -0.910. The molecule has 1 aromatic rings. The number of rotatable bonds is 3. The van der Waals surface area contributed by atoms with Gasteiger partial charge in [-0.05, 0) is 30.2 Å². The molecule has 0 bridgehead atoms. The lowest BCUT2D eigenvalue weighted by molar-refractivity contribution is -0.153.